The highest BCUT2D eigenvalue weighted by molar-refractivity contribution is 9.10. The van der Waals surface area contributed by atoms with Crippen molar-refractivity contribution < 1.29 is 13.9 Å². The van der Waals surface area contributed by atoms with Gasteiger partial charge in [-0.05, 0) is 40.5 Å². The van der Waals surface area contributed by atoms with E-state index >= 15 is 0 Å². The highest BCUT2D eigenvalue weighted by atomic mass is 79.9. The molecule has 1 aromatic heterocycles. The molecule has 0 aliphatic rings. The fourth-order valence-electron chi connectivity index (χ4n) is 1.87. The first-order chi connectivity index (χ1) is 9.63. The number of halogens is 1. The third kappa shape index (κ3) is 3.52. The number of aromatic nitrogens is 1. The van der Waals surface area contributed by atoms with Crippen molar-refractivity contribution in [2.45, 2.75) is 20.0 Å². The molecule has 2 rings (SSSR count). The number of oxazole rings is 1. The minimum absolute atomic E-state index is 0.583. The van der Waals surface area contributed by atoms with Gasteiger partial charge in [0, 0.05) is 6.54 Å². The number of hydrogen-bond acceptors (Lipinski definition) is 5. The second-order valence-corrected chi connectivity index (χ2v) is 5.14. The second-order valence-electron chi connectivity index (χ2n) is 4.28. The number of hydrogen-bond donors (Lipinski definition) is 1. The summed E-state index contributed by atoms with van der Waals surface area (Å²) in [5.41, 5.74) is 1.08. The monoisotopic (exact) mass is 340 g/mol. The molecule has 0 unspecified atom stereocenters. The summed E-state index contributed by atoms with van der Waals surface area (Å²) in [5.74, 6) is 2.89. The number of aryl methyl sites for hydroxylation is 1. The van der Waals surface area contributed by atoms with E-state index in [1.54, 1.807) is 20.4 Å². The Morgan fingerprint density at radius 3 is 2.65 bits per heavy atom. The fraction of sp³-hybridized carbons (Fsp3) is 0.357. The summed E-state index contributed by atoms with van der Waals surface area (Å²) in [4.78, 5) is 4.14. The summed E-state index contributed by atoms with van der Waals surface area (Å²) < 4.78 is 16.9. The molecular weight excluding hydrogens is 324 g/mol. The molecule has 0 fully saturated rings. The zero-order valence-electron chi connectivity index (χ0n) is 11.7. The Morgan fingerprint density at radius 2 is 2.05 bits per heavy atom. The van der Waals surface area contributed by atoms with Gasteiger partial charge < -0.3 is 19.2 Å². The molecule has 0 spiro atoms. The number of benzene rings is 1. The first kappa shape index (κ1) is 14.9. The SMILES string of the molecule is COc1cc(CNCc2ncc(C)o2)cc(Br)c1OC. The van der Waals surface area contributed by atoms with E-state index in [-0.39, 0.29) is 0 Å². The second kappa shape index (κ2) is 6.76. The maximum absolute atomic E-state index is 5.40. The van der Waals surface area contributed by atoms with Gasteiger partial charge in [-0.1, -0.05) is 0 Å². The van der Waals surface area contributed by atoms with Crippen LogP contribution in [-0.4, -0.2) is 19.2 Å². The van der Waals surface area contributed by atoms with E-state index in [2.05, 4.69) is 26.2 Å². The molecule has 0 aliphatic heterocycles. The quantitative estimate of drug-likeness (QED) is 0.875. The predicted octanol–water partition coefficient (Wildman–Crippen LogP) is 3.05. The van der Waals surface area contributed by atoms with Gasteiger partial charge in [-0.15, -0.1) is 0 Å². The Bertz CT molecular complexity index is 584. The van der Waals surface area contributed by atoms with Gasteiger partial charge in [0.05, 0.1) is 31.4 Å². The fourth-order valence-corrected chi connectivity index (χ4v) is 2.52. The average molecular weight is 341 g/mol. The molecule has 0 aliphatic carbocycles. The molecule has 0 atom stereocenters. The summed E-state index contributed by atoms with van der Waals surface area (Å²) in [6.45, 7) is 3.14. The molecule has 0 saturated heterocycles. The summed E-state index contributed by atoms with van der Waals surface area (Å²) >= 11 is 3.48. The van der Waals surface area contributed by atoms with E-state index in [9.17, 15) is 0 Å². The number of methoxy groups -OCH3 is 2. The van der Waals surface area contributed by atoms with Crippen LogP contribution in [0.15, 0.2) is 27.2 Å². The van der Waals surface area contributed by atoms with Gasteiger partial charge in [0.25, 0.3) is 0 Å². The Labute approximate surface area is 126 Å². The van der Waals surface area contributed by atoms with Crippen LogP contribution in [0.1, 0.15) is 17.2 Å². The van der Waals surface area contributed by atoms with Crippen LogP contribution in [0.5, 0.6) is 11.5 Å². The highest BCUT2D eigenvalue weighted by Gasteiger charge is 2.10. The maximum atomic E-state index is 5.40. The number of rotatable bonds is 6. The van der Waals surface area contributed by atoms with Crippen molar-refractivity contribution in [2.75, 3.05) is 14.2 Å². The van der Waals surface area contributed by atoms with E-state index in [0.717, 1.165) is 15.8 Å². The van der Waals surface area contributed by atoms with Crippen molar-refractivity contribution in [3.05, 3.63) is 40.0 Å². The standard InChI is InChI=1S/C14H17BrN2O3/c1-9-6-17-13(20-9)8-16-7-10-4-11(15)14(19-3)12(5-10)18-2/h4-6,16H,7-8H2,1-3H3. The van der Waals surface area contributed by atoms with Crippen LogP contribution < -0.4 is 14.8 Å². The Balaban J connectivity index is 2.01. The van der Waals surface area contributed by atoms with Crippen molar-refractivity contribution in [2.24, 2.45) is 0 Å². The molecule has 6 heteroatoms. The highest BCUT2D eigenvalue weighted by Crippen LogP contribution is 2.36. The topological polar surface area (TPSA) is 56.5 Å². The zero-order chi connectivity index (χ0) is 14.5. The first-order valence-electron chi connectivity index (χ1n) is 6.16. The lowest BCUT2D eigenvalue weighted by atomic mass is 10.2. The summed E-state index contributed by atoms with van der Waals surface area (Å²) in [6, 6.07) is 3.94. The lowest BCUT2D eigenvalue weighted by Crippen LogP contribution is -2.13. The van der Waals surface area contributed by atoms with Crippen molar-refractivity contribution in [3.8, 4) is 11.5 Å². The predicted molar refractivity (Wildman–Crippen MR) is 79.0 cm³/mol. The van der Waals surface area contributed by atoms with Crippen LogP contribution in [0.25, 0.3) is 0 Å². The van der Waals surface area contributed by atoms with Crippen LogP contribution in [-0.2, 0) is 13.1 Å². The third-order valence-corrected chi connectivity index (χ3v) is 3.36. The molecule has 108 valence electrons. The van der Waals surface area contributed by atoms with Gasteiger partial charge in [0.15, 0.2) is 11.5 Å². The molecule has 5 nitrogen and oxygen atoms in total. The molecular formula is C14H17BrN2O3. The number of nitrogens with one attached hydrogen (secondary N) is 1. The lowest BCUT2D eigenvalue weighted by molar-refractivity contribution is 0.352. The summed E-state index contributed by atoms with van der Waals surface area (Å²) in [7, 11) is 3.24. The number of ether oxygens (including phenoxy) is 2. The van der Waals surface area contributed by atoms with Crippen molar-refractivity contribution >= 4 is 15.9 Å². The number of nitrogens with zero attached hydrogens (tertiary/aromatic N) is 1. The van der Waals surface area contributed by atoms with E-state index in [1.807, 2.05) is 19.1 Å². The van der Waals surface area contributed by atoms with Crippen LogP contribution in [0.3, 0.4) is 0 Å². The minimum Gasteiger partial charge on any atom is -0.493 e. The molecule has 20 heavy (non-hydrogen) atoms. The normalized spacial score (nSPS) is 10.6. The van der Waals surface area contributed by atoms with Crippen molar-refractivity contribution in [1.82, 2.24) is 10.3 Å². The summed E-state index contributed by atoms with van der Waals surface area (Å²) in [6.07, 6.45) is 1.71. The first-order valence-corrected chi connectivity index (χ1v) is 6.95. The van der Waals surface area contributed by atoms with Gasteiger partial charge in [0.1, 0.15) is 5.76 Å². The molecule has 1 heterocycles. The zero-order valence-corrected chi connectivity index (χ0v) is 13.3. The molecule has 0 bridgehead atoms. The third-order valence-electron chi connectivity index (χ3n) is 2.77. The summed E-state index contributed by atoms with van der Waals surface area (Å²) in [5, 5.41) is 3.27. The van der Waals surface area contributed by atoms with Gasteiger partial charge >= 0.3 is 0 Å². The maximum Gasteiger partial charge on any atom is 0.208 e. The van der Waals surface area contributed by atoms with Crippen molar-refractivity contribution in [1.29, 1.82) is 0 Å². The minimum atomic E-state index is 0.583. The molecule has 0 saturated carbocycles. The van der Waals surface area contributed by atoms with Gasteiger partial charge in [0.2, 0.25) is 5.89 Å². The van der Waals surface area contributed by atoms with E-state index in [4.69, 9.17) is 13.9 Å². The molecule has 0 amide bonds. The van der Waals surface area contributed by atoms with Gasteiger partial charge in [-0.2, -0.15) is 0 Å². The molecule has 1 aromatic carbocycles. The van der Waals surface area contributed by atoms with Gasteiger partial charge in [-0.25, -0.2) is 4.98 Å². The largest absolute Gasteiger partial charge is 0.493 e. The Hall–Kier alpha value is -1.53. The lowest BCUT2D eigenvalue weighted by Gasteiger charge is -2.12. The van der Waals surface area contributed by atoms with E-state index < -0.39 is 0 Å². The van der Waals surface area contributed by atoms with Crippen LogP contribution in [0.2, 0.25) is 0 Å². The van der Waals surface area contributed by atoms with Crippen LogP contribution in [0, 0.1) is 6.92 Å². The van der Waals surface area contributed by atoms with E-state index in [1.165, 1.54) is 0 Å². The van der Waals surface area contributed by atoms with Crippen molar-refractivity contribution in [3.63, 3.8) is 0 Å². The smallest absolute Gasteiger partial charge is 0.208 e. The van der Waals surface area contributed by atoms with Gasteiger partial charge in [-0.3, -0.25) is 0 Å². The molecule has 1 N–H and O–H groups in total. The average Bonchev–Trinajstić information content (AvgIpc) is 2.83. The van der Waals surface area contributed by atoms with Crippen LogP contribution >= 0.6 is 15.9 Å². The van der Waals surface area contributed by atoms with Crippen LogP contribution in [0.4, 0.5) is 0 Å². The van der Waals surface area contributed by atoms with E-state index in [0.29, 0.717) is 30.5 Å². The Kier molecular flexibility index (Phi) is 5.03. The molecule has 0 radical (unpaired) electrons. The molecule has 2 aromatic rings. The Morgan fingerprint density at radius 1 is 1.25 bits per heavy atom.